The number of carbonyl (C=O) groups excluding carboxylic acids is 1. The van der Waals surface area contributed by atoms with Crippen LogP contribution in [-0.4, -0.2) is 27.2 Å². The predicted molar refractivity (Wildman–Crippen MR) is 67.9 cm³/mol. The molecule has 0 aliphatic heterocycles. The average Bonchev–Trinajstić information content (AvgIpc) is 2.53. The summed E-state index contributed by atoms with van der Waals surface area (Å²) < 4.78 is 0. The highest BCUT2D eigenvalue weighted by Gasteiger charge is 2.21. The van der Waals surface area contributed by atoms with Gasteiger partial charge in [-0.15, -0.1) is 11.3 Å². The molecule has 2 N–H and O–H groups in total. The first-order chi connectivity index (χ1) is 7.41. The largest absolute Gasteiger partial charge is 0.389 e. The van der Waals surface area contributed by atoms with E-state index < -0.39 is 12.2 Å². The smallest absolute Gasteiger partial charge is 0.185 e. The van der Waals surface area contributed by atoms with Crippen LogP contribution in [0.2, 0.25) is 0 Å². The van der Waals surface area contributed by atoms with Gasteiger partial charge < -0.3 is 10.2 Å². The van der Waals surface area contributed by atoms with Gasteiger partial charge in [0.05, 0.1) is 6.10 Å². The van der Waals surface area contributed by atoms with Crippen molar-refractivity contribution in [2.24, 2.45) is 0 Å². The standard InChI is InChI=1S/C11H16O3S2/c1-6-4-9(7(2)16-6)11(14)10(13)5-15-8(3)12/h4,10-11,13-14H,5H2,1-3H3. The number of carbonyl (C=O) groups is 1. The highest BCUT2D eigenvalue weighted by Crippen LogP contribution is 2.29. The minimum absolute atomic E-state index is 0.0514. The molecule has 1 aromatic rings. The van der Waals surface area contributed by atoms with Crippen LogP contribution in [0.3, 0.4) is 0 Å². The normalized spacial score (nSPS) is 14.8. The van der Waals surface area contributed by atoms with Crippen LogP contribution in [0, 0.1) is 13.8 Å². The summed E-state index contributed by atoms with van der Waals surface area (Å²) >= 11 is 2.62. The fourth-order valence-corrected chi connectivity index (χ4v) is 3.00. The highest BCUT2D eigenvalue weighted by atomic mass is 32.2. The maximum absolute atomic E-state index is 10.8. The van der Waals surface area contributed by atoms with Gasteiger partial charge in [0, 0.05) is 22.4 Å². The topological polar surface area (TPSA) is 57.5 Å². The fraction of sp³-hybridized carbons (Fsp3) is 0.545. The van der Waals surface area contributed by atoms with Gasteiger partial charge in [0.1, 0.15) is 6.10 Å². The molecule has 0 bridgehead atoms. The van der Waals surface area contributed by atoms with E-state index in [0.29, 0.717) is 0 Å². The van der Waals surface area contributed by atoms with Crippen molar-refractivity contribution in [2.45, 2.75) is 33.0 Å². The predicted octanol–water partition coefficient (Wildman–Crippen LogP) is 2.04. The second kappa shape index (κ2) is 5.82. The van der Waals surface area contributed by atoms with Crippen LogP contribution in [-0.2, 0) is 4.79 Å². The van der Waals surface area contributed by atoms with Gasteiger partial charge in [-0.2, -0.15) is 0 Å². The van der Waals surface area contributed by atoms with Crippen molar-refractivity contribution < 1.29 is 15.0 Å². The number of thiophene rings is 1. The third kappa shape index (κ3) is 3.59. The summed E-state index contributed by atoms with van der Waals surface area (Å²) in [4.78, 5) is 12.9. The zero-order valence-corrected chi connectivity index (χ0v) is 11.2. The maximum Gasteiger partial charge on any atom is 0.185 e. The molecular formula is C11H16O3S2. The Hall–Kier alpha value is -0.360. The third-order valence-electron chi connectivity index (χ3n) is 2.22. The first-order valence-corrected chi connectivity index (χ1v) is 6.78. The van der Waals surface area contributed by atoms with E-state index in [1.165, 1.54) is 6.92 Å². The molecule has 16 heavy (non-hydrogen) atoms. The zero-order valence-electron chi connectivity index (χ0n) is 9.56. The molecule has 0 aliphatic carbocycles. The molecule has 0 fully saturated rings. The van der Waals surface area contributed by atoms with E-state index in [1.807, 2.05) is 19.9 Å². The molecule has 0 saturated heterocycles. The summed E-state index contributed by atoms with van der Waals surface area (Å²) in [6, 6.07) is 1.88. The molecule has 0 amide bonds. The van der Waals surface area contributed by atoms with E-state index in [0.717, 1.165) is 27.1 Å². The van der Waals surface area contributed by atoms with Crippen molar-refractivity contribution >= 4 is 28.2 Å². The Morgan fingerprint density at radius 3 is 2.56 bits per heavy atom. The molecule has 1 heterocycles. The lowest BCUT2D eigenvalue weighted by molar-refractivity contribution is -0.109. The van der Waals surface area contributed by atoms with E-state index >= 15 is 0 Å². The zero-order chi connectivity index (χ0) is 12.3. The third-order valence-corrected chi connectivity index (χ3v) is 4.12. The second-order valence-electron chi connectivity index (χ2n) is 3.68. The summed E-state index contributed by atoms with van der Waals surface area (Å²) in [5.74, 6) is 0.227. The fourth-order valence-electron chi connectivity index (χ4n) is 1.45. The molecule has 0 saturated carbocycles. The van der Waals surface area contributed by atoms with Crippen molar-refractivity contribution in [3.05, 3.63) is 21.4 Å². The molecule has 90 valence electrons. The number of aliphatic hydroxyl groups excluding tert-OH is 2. The van der Waals surface area contributed by atoms with Crippen molar-refractivity contribution in [1.29, 1.82) is 0 Å². The average molecular weight is 260 g/mol. The molecule has 1 aromatic heterocycles. The lowest BCUT2D eigenvalue weighted by atomic mass is 10.1. The molecule has 0 aromatic carbocycles. The first kappa shape index (κ1) is 13.7. The van der Waals surface area contributed by atoms with Gasteiger partial charge in [0.15, 0.2) is 5.12 Å². The van der Waals surface area contributed by atoms with Crippen LogP contribution in [0.15, 0.2) is 6.07 Å². The highest BCUT2D eigenvalue weighted by molar-refractivity contribution is 8.13. The molecule has 2 atom stereocenters. The molecule has 1 rings (SSSR count). The van der Waals surface area contributed by atoms with Crippen LogP contribution in [0.5, 0.6) is 0 Å². The summed E-state index contributed by atoms with van der Waals surface area (Å²) in [5, 5.41) is 19.6. The van der Waals surface area contributed by atoms with Gasteiger partial charge in [-0.05, 0) is 25.5 Å². The molecule has 3 nitrogen and oxygen atoms in total. The maximum atomic E-state index is 10.8. The van der Waals surface area contributed by atoms with Crippen LogP contribution in [0.1, 0.15) is 28.3 Å². The van der Waals surface area contributed by atoms with Crippen LogP contribution >= 0.6 is 23.1 Å². The van der Waals surface area contributed by atoms with Crippen molar-refractivity contribution in [3.63, 3.8) is 0 Å². The number of rotatable bonds is 4. The number of thioether (sulfide) groups is 1. The Bertz CT molecular complexity index is 373. The van der Waals surface area contributed by atoms with E-state index in [-0.39, 0.29) is 10.9 Å². The quantitative estimate of drug-likeness (QED) is 0.870. The lowest BCUT2D eigenvalue weighted by Gasteiger charge is -2.16. The number of aliphatic hydroxyl groups is 2. The van der Waals surface area contributed by atoms with E-state index in [4.69, 9.17) is 0 Å². The number of hydrogen-bond donors (Lipinski definition) is 2. The van der Waals surface area contributed by atoms with Gasteiger partial charge in [0.25, 0.3) is 0 Å². The monoisotopic (exact) mass is 260 g/mol. The van der Waals surface area contributed by atoms with E-state index in [9.17, 15) is 15.0 Å². The van der Waals surface area contributed by atoms with Crippen molar-refractivity contribution in [2.75, 3.05) is 5.75 Å². The second-order valence-corrected chi connectivity index (χ2v) is 6.34. The summed E-state index contributed by atoms with van der Waals surface area (Å²) in [5.41, 5.74) is 0.763. The van der Waals surface area contributed by atoms with E-state index in [1.54, 1.807) is 11.3 Å². The summed E-state index contributed by atoms with van der Waals surface area (Å²) in [7, 11) is 0. The minimum atomic E-state index is -0.906. The van der Waals surface area contributed by atoms with Gasteiger partial charge in [-0.25, -0.2) is 0 Å². The van der Waals surface area contributed by atoms with Gasteiger partial charge >= 0.3 is 0 Å². The van der Waals surface area contributed by atoms with Gasteiger partial charge in [-0.3, -0.25) is 4.79 Å². The summed E-state index contributed by atoms with van der Waals surface area (Å²) in [6.07, 6.45) is -1.81. The van der Waals surface area contributed by atoms with Gasteiger partial charge in [0.2, 0.25) is 0 Å². The molecular weight excluding hydrogens is 244 g/mol. The Balaban J connectivity index is 2.66. The first-order valence-electron chi connectivity index (χ1n) is 4.98. The SMILES string of the molecule is CC(=O)SCC(O)C(O)c1cc(C)sc1C. The Morgan fingerprint density at radius 2 is 2.12 bits per heavy atom. The Labute approximate surface area is 103 Å². The van der Waals surface area contributed by atoms with Crippen LogP contribution in [0.25, 0.3) is 0 Å². The molecule has 0 aliphatic rings. The van der Waals surface area contributed by atoms with E-state index in [2.05, 4.69) is 0 Å². The summed E-state index contributed by atoms with van der Waals surface area (Å²) in [6.45, 7) is 5.33. The molecule has 5 heteroatoms. The molecule has 2 unspecified atom stereocenters. The number of hydrogen-bond acceptors (Lipinski definition) is 5. The van der Waals surface area contributed by atoms with Crippen molar-refractivity contribution in [3.8, 4) is 0 Å². The van der Waals surface area contributed by atoms with Crippen LogP contribution in [0.4, 0.5) is 0 Å². The minimum Gasteiger partial charge on any atom is -0.389 e. The molecule has 0 spiro atoms. The molecule has 0 radical (unpaired) electrons. The lowest BCUT2D eigenvalue weighted by Crippen LogP contribution is -2.21. The van der Waals surface area contributed by atoms with Gasteiger partial charge in [-0.1, -0.05) is 11.8 Å². The Morgan fingerprint density at radius 1 is 1.50 bits per heavy atom. The van der Waals surface area contributed by atoms with Crippen molar-refractivity contribution in [1.82, 2.24) is 0 Å². The number of aryl methyl sites for hydroxylation is 2. The Kier molecular flexibility index (Phi) is 4.98. The van der Waals surface area contributed by atoms with Crippen LogP contribution < -0.4 is 0 Å².